The normalized spacial score (nSPS) is 21.2. The van der Waals surface area contributed by atoms with Gasteiger partial charge in [-0.05, 0) is 18.8 Å². The zero-order valence-electron chi connectivity index (χ0n) is 10.5. The molecule has 8 nitrogen and oxygen atoms in total. The average molecular weight is 288 g/mol. The van der Waals surface area contributed by atoms with Gasteiger partial charge in [-0.1, -0.05) is 6.92 Å². The number of aromatic carboxylic acids is 1. The third-order valence-corrected chi connectivity index (χ3v) is 4.48. The lowest BCUT2D eigenvalue weighted by molar-refractivity contribution is 0.0690. The largest absolute Gasteiger partial charge is 0.477 e. The Morgan fingerprint density at radius 2 is 2.37 bits per heavy atom. The van der Waals surface area contributed by atoms with Crippen LogP contribution in [-0.2, 0) is 10.2 Å². The first-order valence-corrected chi connectivity index (χ1v) is 7.39. The van der Waals surface area contributed by atoms with Gasteiger partial charge >= 0.3 is 16.2 Å². The summed E-state index contributed by atoms with van der Waals surface area (Å²) in [5.74, 6) is -0.890. The number of aromatic amines is 1. The molecule has 1 fully saturated rings. The molecule has 19 heavy (non-hydrogen) atoms. The number of carboxylic acids is 1. The van der Waals surface area contributed by atoms with Crippen LogP contribution in [0.4, 0.5) is 5.82 Å². The van der Waals surface area contributed by atoms with E-state index in [9.17, 15) is 13.2 Å². The number of carbonyl (C=O) groups is 1. The van der Waals surface area contributed by atoms with E-state index in [1.54, 1.807) is 0 Å². The van der Waals surface area contributed by atoms with Crippen molar-refractivity contribution < 1.29 is 18.3 Å². The van der Waals surface area contributed by atoms with Crippen LogP contribution in [-0.4, -0.2) is 47.1 Å². The molecule has 1 atom stereocenters. The molecule has 0 spiro atoms. The van der Waals surface area contributed by atoms with Crippen LogP contribution in [0, 0.1) is 5.92 Å². The van der Waals surface area contributed by atoms with E-state index in [0.717, 1.165) is 18.9 Å². The lowest BCUT2D eigenvalue weighted by Gasteiger charge is -2.29. The Bertz CT molecular complexity index is 568. The fourth-order valence-corrected chi connectivity index (χ4v) is 3.36. The van der Waals surface area contributed by atoms with E-state index >= 15 is 0 Å². The Balaban J connectivity index is 2.09. The highest BCUT2D eigenvalue weighted by Gasteiger charge is 2.27. The van der Waals surface area contributed by atoms with E-state index in [1.165, 1.54) is 4.31 Å². The van der Waals surface area contributed by atoms with Crippen molar-refractivity contribution in [2.24, 2.45) is 5.92 Å². The Morgan fingerprint density at radius 1 is 1.63 bits per heavy atom. The first-order chi connectivity index (χ1) is 8.88. The number of nitrogens with zero attached hydrogens (tertiary/aromatic N) is 2. The molecule has 2 rings (SSSR count). The first-order valence-electron chi connectivity index (χ1n) is 5.95. The maximum atomic E-state index is 12.1. The highest BCUT2D eigenvalue weighted by atomic mass is 32.2. The van der Waals surface area contributed by atoms with Crippen molar-refractivity contribution >= 4 is 22.0 Å². The quantitative estimate of drug-likeness (QED) is 0.746. The van der Waals surface area contributed by atoms with E-state index in [2.05, 4.69) is 14.9 Å². The number of nitrogens with one attached hydrogen (secondary N) is 2. The summed E-state index contributed by atoms with van der Waals surface area (Å²) in [6.45, 7) is 2.93. The Labute approximate surface area is 111 Å². The Morgan fingerprint density at radius 3 is 2.95 bits per heavy atom. The zero-order valence-corrected chi connectivity index (χ0v) is 11.3. The predicted molar refractivity (Wildman–Crippen MR) is 68.1 cm³/mol. The van der Waals surface area contributed by atoms with Gasteiger partial charge in [-0.2, -0.15) is 17.8 Å². The second-order valence-corrected chi connectivity index (χ2v) is 6.36. The van der Waals surface area contributed by atoms with Crippen molar-refractivity contribution in [2.75, 3.05) is 17.8 Å². The molecule has 3 N–H and O–H groups in total. The molecule has 0 aromatic carbocycles. The van der Waals surface area contributed by atoms with Crippen molar-refractivity contribution in [3.05, 3.63) is 11.8 Å². The van der Waals surface area contributed by atoms with Crippen molar-refractivity contribution in [2.45, 2.75) is 19.8 Å². The van der Waals surface area contributed by atoms with Crippen LogP contribution in [0.25, 0.3) is 0 Å². The van der Waals surface area contributed by atoms with Crippen molar-refractivity contribution in [3.8, 4) is 0 Å². The van der Waals surface area contributed by atoms with Crippen LogP contribution in [0.5, 0.6) is 0 Å². The van der Waals surface area contributed by atoms with Crippen LogP contribution in [0.1, 0.15) is 30.3 Å². The van der Waals surface area contributed by atoms with Crippen LogP contribution in [0.2, 0.25) is 0 Å². The van der Waals surface area contributed by atoms with Gasteiger partial charge in [-0.3, -0.25) is 9.82 Å². The molecule has 0 amide bonds. The van der Waals surface area contributed by atoms with Crippen LogP contribution in [0.3, 0.4) is 0 Å². The molecule has 0 aliphatic carbocycles. The number of H-pyrrole nitrogens is 1. The number of anilines is 1. The van der Waals surface area contributed by atoms with E-state index < -0.39 is 16.2 Å². The van der Waals surface area contributed by atoms with E-state index in [1.807, 2.05) is 6.92 Å². The summed E-state index contributed by atoms with van der Waals surface area (Å²) >= 11 is 0. The average Bonchev–Trinajstić information content (AvgIpc) is 2.77. The molecule has 1 aliphatic rings. The number of hydrogen-bond acceptors (Lipinski definition) is 4. The molecule has 0 saturated carbocycles. The number of aromatic nitrogens is 2. The SMILES string of the molecule is CC1CCCN(S(=O)(=O)Nc2cc(C(=O)O)[nH]n2)C1. The molecule has 2 heterocycles. The van der Waals surface area contributed by atoms with Crippen LogP contribution < -0.4 is 4.72 Å². The van der Waals surface area contributed by atoms with Crippen molar-refractivity contribution in [1.29, 1.82) is 0 Å². The highest BCUT2D eigenvalue weighted by Crippen LogP contribution is 2.19. The van der Waals surface area contributed by atoms with Gasteiger partial charge in [-0.15, -0.1) is 0 Å². The van der Waals surface area contributed by atoms with E-state index in [-0.39, 0.29) is 11.5 Å². The van der Waals surface area contributed by atoms with Gasteiger partial charge in [0.05, 0.1) is 0 Å². The van der Waals surface area contributed by atoms with Gasteiger partial charge in [-0.25, -0.2) is 4.79 Å². The van der Waals surface area contributed by atoms with Crippen LogP contribution in [0.15, 0.2) is 6.07 Å². The monoisotopic (exact) mass is 288 g/mol. The number of hydrogen-bond donors (Lipinski definition) is 3. The summed E-state index contributed by atoms with van der Waals surface area (Å²) in [5, 5.41) is 14.6. The molecule has 1 aliphatic heterocycles. The van der Waals surface area contributed by atoms with Gasteiger partial charge in [0.15, 0.2) is 5.82 Å². The minimum absolute atomic E-state index is 0.0179. The summed E-state index contributed by atoms with van der Waals surface area (Å²) in [6, 6.07) is 1.15. The van der Waals surface area contributed by atoms with Gasteiger partial charge in [0.25, 0.3) is 0 Å². The van der Waals surface area contributed by atoms with Crippen LogP contribution >= 0.6 is 0 Å². The molecular formula is C10H16N4O4S. The van der Waals surface area contributed by atoms with Gasteiger partial charge in [0, 0.05) is 19.2 Å². The maximum absolute atomic E-state index is 12.1. The molecule has 106 valence electrons. The lowest BCUT2D eigenvalue weighted by Crippen LogP contribution is -2.42. The molecule has 0 bridgehead atoms. The minimum atomic E-state index is -3.67. The van der Waals surface area contributed by atoms with Crippen molar-refractivity contribution in [3.63, 3.8) is 0 Å². The van der Waals surface area contributed by atoms with E-state index in [0.29, 0.717) is 19.0 Å². The topological polar surface area (TPSA) is 115 Å². The second kappa shape index (κ2) is 5.17. The first kappa shape index (κ1) is 13.8. The maximum Gasteiger partial charge on any atom is 0.353 e. The zero-order chi connectivity index (χ0) is 14.0. The Hall–Kier alpha value is -1.61. The van der Waals surface area contributed by atoms with Gasteiger partial charge < -0.3 is 5.11 Å². The molecule has 1 aromatic rings. The molecule has 1 saturated heterocycles. The minimum Gasteiger partial charge on any atom is -0.477 e. The summed E-state index contributed by atoms with van der Waals surface area (Å²) in [6.07, 6.45) is 1.83. The molecule has 0 radical (unpaired) electrons. The number of carboxylic acid groups (broad SMARTS) is 1. The summed E-state index contributed by atoms with van der Waals surface area (Å²) in [7, 11) is -3.67. The highest BCUT2D eigenvalue weighted by molar-refractivity contribution is 7.90. The summed E-state index contributed by atoms with van der Waals surface area (Å²) in [5.41, 5.74) is -0.162. The number of piperidine rings is 1. The molecule has 1 unspecified atom stereocenters. The smallest absolute Gasteiger partial charge is 0.353 e. The predicted octanol–water partition coefficient (Wildman–Crippen LogP) is 0.496. The fraction of sp³-hybridized carbons (Fsp3) is 0.600. The van der Waals surface area contributed by atoms with Gasteiger partial charge in [0.2, 0.25) is 0 Å². The molecular weight excluding hydrogens is 272 g/mol. The third-order valence-electron chi connectivity index (χ3n) is 3.00. The summed E-state index contributed by atoms with van der Waals surface area (Å²) in [4.78, 5) is 10.7. The van der Waals surface area contributed by atoms with Gasteiger partial charge in [0.1, 0.15) is 5.69 Å². The molecule has 9 heteroatoms. The fourth-order valence-electron chi connectivity index (χ4n) is 2.04. The third kappa shape index (κ3) is 3.24. The van der Waals surface area contributed by atoms with E-state index in [4.69, 9.17) is 5.11 Å². The second-order valence-electron chi connectivity index (χ2n) is 4.68. The van der Waals surface area contributed by atoms with Crippen molar-refractivity contribution in [1.82, 2.24) is 14.5 Å². The Kier molecular flexibility index (Phi) is 3.76. The summed E-state index contributed by atoms with van der Waals surface area (Å²) < 4.78 is 27.8. The number of rotatable bonds is 4. The lowest BCUT2D eigenvalue weighted by atomic mass is 10.0. The standard InChI is InChI=1S/C10H16N4O4S/c1-7-3-2-4-14(6-7)19(17,18)13-9-5-8(10(15)16)11-12-9/h5,7H,2-4,6H2,1H3,(H,15,16)(H2,11,12,13). The molecule has 1 aromatic heterocycles.